The third-order valence-electron chi connectivity index (χ3n) is 4.58. The molecule has 1 aliphatic rings. The molecule has 0 aromatic heterocycles. The third kappa shape index (κ3) is 2.99. The van der Waals surface area contributed by atoms with E-state index in [1.54, 1.807) is 13.0 Å². The molecule has 1 amide bonds. The molecule has 1 heterocycles. The number of ketones is 1. The normalized spacial score (nSPS) is 18.4. The molecule has 2 aromatic rings. The number of rotatable bonds is 4. The van der Waals surface area contributed by atoms with E-state index in [0.29, 0.717) is 5.56 Å². The van der Waals surface area contributed by atoms with Gasteiger partial charge in [-0.15, -0.1) is 0 Å². The fourth-order valence-electron chi connectivity index (χ4n) is 3.28. The lowest BCUT2D eigenvalue weighted by Crippen LogP contribution is -2.33. The molecule has 2 aromatic carbocycles. The van der Waals surface area contributed by atoms with Gasteiger partial charge >= 0.3 is 0 Å². The van der Waals surface area contributed by atoms with E-state index in [1.807, 2.05) is 30.3 Å². The lowest BCUT2D eigenvalue weighted by Gasteiger charge is -2.32. The lowest BCUT2D eigenvalue weighted by atomic mass is 9.95. The maximum atomic E-state index is 14.0. The molecule has 4 nitrogen and oxygen atoms in total. The molecule has 0 saturated heterocycles. The Bertz CT molecular complexity index is 911. The van der Waals surface area contributed by atoms with Gasteiger partial charge in [-0.05, 0) is 37.1 Å². The Morgan fingerprint density at radius 3 is 2.46 bits per heavy atom. The summed E-state index contributed by atoms with van der Waals surface area (Å²) in [5.74, 6) is -2.36. The zero-order valence-electron chi connectivity index (χ0n) is 14.2. The lowest BCUT2D eigenvalue weighted by molar-refractivity contribution is -0.131. The number of benzene rings is 2. The number of hydrogen-bond acceptors (Lipinski definition) is 3. The molecule has 26 heavy (non-hydrogen) atoms. The molecular weight excluding hydrogens is 357 g/mol. The fourth-order valence-corrected chi connectivity index (χ4v) is 3.40. The smallest absolute Gasteiger partial charge is 0.290 e. The van der Waals surface area contributed by atoms with Crippen molar-refractivity contribution in [3.8, 4) is 0 Å². The maximum absolute atomic E-state index is 14.0. The highest BCUT2D eigenvalue weighted by molar-refractivity contribution is 6.30. The van der Waals surface area contributed by atoms with Crippen molar-refractivity contribution < 1.29 is 19.1 Å². The molecule has 0 radical (unpaired) electrons. The van der Waals surface area contributed by atoms with E-state index in [9.17, 15) is 19.1 Å². The van der Waals surface area contributed by atoms with Crippen LogP contribution in [0.1, 0.15) is 37.1 Å². The summed E-state index contributed by atoms with van der Waals surface area (Å²) in [5, 5.41) is 10.2. The molecule has 6 heteroatoms. The van der Waals surface area contributed by atoms with Gasteiger partial charge in [-0.3, -0.25) is 9.59 Å². The van der Waals surface area contributed by atoms with Gasteiger partial charge in [0.25, 0.3) is 5.91 Å². The quantitative estimate of drug-likeness (QED) is 0.856. The Morgan fingerprint density at radius 1 is 1.23 bits per heavy atom. The number of Topliss-reactive ketones (excluding diaryl/α,β-unsaturated/α-hetero) is 1. The molecule has 0 spiro atoms. The minimum Gasteiger partial charge on any atom is -0.503 e. The molecule has 134 valence electrons. The van der Waals surface area contributed by atoms with Gasteiger partial charge < -0.3 is 10.0 Å². The molecule has 1 aliphatic heterocycles. The van der Waals surface area contributed by atoms with E-state index < -0.39 is 35.4 Å². The number of aliphatic hydroxyl groups excluding tert-OH is 1. The average Bonchev–Trinajstić information content (AvgIpc) is 2.89. The van der Waals surface area contributed by atoms with Gasteiger partial charge in [0.05, 0.1) is 22.7 Å². The second kappa shape index (κ2) is 6.92. The first kappa shape index (κ1) is 18.1. The van der Waals surface area contributed by atoms with Crippen LogP contribution in [0.5, 0.6) is 0 Å². The number of aliphatic hydroxyl groups is 1. The van der Waals surface area contributed by atoms with Crippen molar-refractivity contribution in [1.29, 1.82) is 0 Å². The Hall–Kier alpha value is -2.66. The zero-order chi connectivity index (χ0) is 19.0. The predicted octanol–water partition coefficient (Wildman–Crippen LogP) is 4.52. The molecular formula is C20H17ClFNO3. The van der Waals surface area contributed by atoms with E-state index >= 15 is 0 Å². The van der Waals surface area contributed by atoms with Crippen molar-refractivity contribution in [3.05, 3.63) is 81.8 Å². The van der Waals surface area contributed by atoms with E-state index in [-0.39, 0.29) is 10.6 Å². The minimum atomic E-state index is -0.887. The van der Waals surface area contributed by atoms with Crippen LogP contribution in [0.3, 0.4) is 0 Å². The monoisotopic (exact) mass is 373 g/mol. The SMILES string of the molecule is CC(=O)C1=C(O)C(=O)N(C(C)c2ccccc2)C1c1ccc(Cl)c(F)c1. The summed E-state index contributed by atoms with van der Waals surface area (Å²) in [5.41, 5.74) is 1.16. The summed E-state index contributed by atoms with van der Waals surface area (Å²) in [6, 6.07) is 12.0. The Balaban J connectivity index is 2.14. The van der Waals surface area contributed by atoms with Crippen LogP contribution in [0.4, 0.5) is 4.39 Å². The van der Waals surface area contributed by atoms with Crippen molar-refractivity contribution in [2.24, 2.45) is 0 Å². The Morgan fingerprint density at radius 2 is 1.88 bits per heavy atom. The maximum Gasteiger partial charge on any atom is 0.290 e. The molecule has 2 unspecified atom stereocenters. The number of nitrogens with zero attached hydrogens (tertiary/aromatic N) is 1. The zero-order valence-corrected chi connectivity index (χ0v) is 15.0. The van der Waals surface area contributed by atoms with Crippen LogP contribution in [0, 0.1) is 5.82 Å². The van der Waals surface area contributed by atoms with Crippen molar-refractivity contribution in [1.82, 2.24) is 4.90 Å². The first-order valence-corrected chi connectivity index (χ1v) is 8.47. The van der Waals surface area contributed by atoms with E-state index in [2.05, 4.69) is 0 Å². The van der Waals surface area contributed by atoms with Crippen molar-refractivity contribution in [2.45, 2.75) is 25.9 Å². The summed E-state index contributed by atoms with van der Waals surface area (Å²) in [6.07, 6.45) is 0. The molecule has 2 atom stereocenters. The number of amides is 1. The van der Waals surface area contributed by atoms with Gasteiger partial charge in [-0.1, -0.05) is 48.0 Å². The summed E-state index contributed by atoms with van der Waals surface area (Å²) >= 11 is 5.75. The van der Waals surface area contributed by atoms with Crippen LogP contribution in [0.2, 0.25) is 5.02 Å². The van der Waals surface area contributed by atoms with Crippen LogP contribution in [0.25, 0.3) is 0 Å². The van der Waals surface area contributed by atoms with Crippen molar-refractivity contribution in [2.75, 3.05) is 0 Å². The van der Waals surface area contributed by atoms with Gasteiger partial charge in [0.2, 0.25) is 0 Å². The Labute approximate surface area is 155 Å². The van der Waals surface area contributed by atoms with E-state index in [0.717, 1.165) is 5.56 Å². The fraction of sp³-hybridized carbons (Fsp3) is 0.200. The van der Waals surface area contributed by atoms with Gasteiger partial charge in [0.1, 0.15) is 5.82 Å². The number of carbonyl (C=O) groups excluding carboxylic acids is 2. The second-order valence-corrected chi connectivity index (χ2v) is 6.60. The van der Waals surface area contributed by atoms with Crippen LogP contribution in [0.15, 0.2) is 59.9 Å². The number of carbonyl (C=O) groups is 2. The van der Waals surface area contributed by atoms with Crippen LogP contribution in [-0.4, -0.2) is 21.7 Å². The van der Waals surface area contributed by atoms with Crippen LogP contribution < -0.4 is 0 Å². The molecule has 3 rings (SSSR count). The van der Waals surface area contributed by atoms with Gasteiger partial charge in [-0.25, -0.2) is 4.39 Å². The third-order valence-corrected chi connectivity index (χ3v) is 4.89. The largest absolute Gasteiger partial charge is 0.503 e. The first-order valence-electron chi connectivity index (χ1n) is 8.09. The van der Waals surface area contributed by atoms with Gasteiger partial charge in [-0.2, -0.15) is 0 Å². The summed E-state index contributed by atoms with van der Waals surface area (Å²) in [7, 11) is 0. The van der Waals surface area contributed by atoms with E-state index in [4.69, 9.17) is 11.6 Å². The molecule has 0 saturated carbocycles. The highest BCUT2D eigenvalue weighted by atomic mass is 35.5. The van der Waals surface area contributed by atoms with Crippen molar-refractivity contribution >= 4 is 23.3 Å². The molecule has 0 fully saturated rings. The van der Waals surface area contributed by atoms with Crippen LogP contribution in [-0.2, 0) is 9.59 Å². The highest BCUT2D eigenvalue weighted by Crippen LogP contribution is 2.43. The van der Waals surface area contributed by atoms with Gasteiger partial charge in [0.15, 0.2) is 11.5 Å². The average molecular weight is 374 g/mol. The number of hydrogen-bond donors (Lipinski definition) is 1. The van der Waals surface area contributed by atoms with Crippen molar-refractivity contribution in [3.63, 3.8) is 0 Å². The number of halogens is 2. The highest BCUT2D eigenvalue weighted by Gasteiger charge is 2.44. The minimum absolute atomic E-state index is 0.0421. The molecule has 0 bridgehead atoms. The summed E-state index contributed by atoms with van der Waals surface area (Å²) in [4.78, 5) is 26.2. The second-order valence-electron chi connectivity index (χ2n) is 6.19. The van der Waals surface area contributed by atoms with Crippen LogP contribution >= 0.6 is 11.6 Å². The molecule has 0 aliphatic carbocycles. The summed E-state index contributed by atoms with van der Waals surface area (Å²) < 4.78 is 14.0. The first-order chi connectivity index (χ1) is 12.3. The van der Waals surface area contributed by atoms with E-state index in [1.165, 1.54) is 24.0 Å². The summed E-state index contributed by atoms with van der Waals surface area (Å²) in [6.45, 7) is 3.07. The standard InChI is InChI=1S/C20H17ClFNO3/c1-11(13-6-4-3-5-7-13)23-18(14-8-9-15(21)16(22)10-14)17(12(2)24)19(25)20(23)26/h3-11,18,25H,1-2H3. The Kier molecular flexibility index (Phi) is 4.83. The topological polar surface area (TPSA) is 57.6 Å². The predicted molar refractivity (Wildman–Crippen MR) is 96.2 cm³/mol. The molecule has 1 N–H and O–H groups in total. The van der Waals surface area contributed by atoms with Gasteiger partial charge in [0, 0.05) is 0 Å².